The average Bonchev–Trinajstić information content (AvgIpc) is 0.747. The predicted molar refractivity (Wildman–Crippen MR) is 525 cm³/mol. The Labute approximate surface area is 684 Å². The van der Waals surface area contributed by atoms with Crippen LogP contribution < -0.4 is 0 Å². The highest BCUT2D eigenvalue weighted by atomic mass is 14.2. The topological polar surface area (TPSA) is 0 Å². The number of hydrogen-bond donors (Lipinski definition) is 0. The molecule has 0 saturated carbocycles. The third-order valence-corrected chi connectivity index (χ3v) is 20.1. The van der Waals surface area contributed by atoms with E-state index >= 15 is 0 Å². The van der Waals surface area contributed by atoms with Crippen molar-refractivity contribution in [2.75, 3.05) is 0 Å². The van der Waals surface area contributed by atoms with Gasteiger partial charge >= 0.3 is 0 Å². The van der Waals surface area contributed by atoms with Crippen LogP contribution in [0.4, 0.5) is 0 Å². The molecule has 21 aromatic rings. The number of rotatable bonds is 0. The number of aryl methyl sites for hydroxylation is 6. The predicted octanol–water partition coefficient (Wildman–Crippen LogP) is 36.8. The minimum Gasteiger partial charge on any atom is -0.0683 e. The highest BCUT2D eigenvalue weighted by Gasteiger charge is 2.13. The third-order valence-electron chi connectivity index (χ3n) is 20.1. The molecule has 0 aromatic heterocycles. The molecule has 582 valence electrons. The summed E-state index contributed by atoms with van der Waals surface area (Å²) in [5.74, 6) is 0. The van der Waals surface area contributed by atoms with Crippen molar-refractivity contribution in [2.24, 2.45) is 0 Å². The van der Waals surface area contributed by atoms with Gasteiger partial charge in [0, 0.05) is 0 Å². The fourth-order valence-corrected chi connectivity index (χ4v) is 15.1. The summed E-state index contributed by atoms with van der Waals surface area (Å²) >= 11 is 0. The number of fused-ring (bicyclic) bond motifs is 6. The minimum absolute atomic E-state index is 1.31. The Balaban J connectivity index is 0.000000182. The van der Waals surface area contributed by atoms with Gasteiger partial charge < -0.3 is 0 Å². The van der Waals surface area contributed by atoms with E-state index in [1.807, 2.05) is 125 Å². The molecule has 0 N–H and O–H groups in total. The van der Waals surface area contributed by atoms with E-state index in [1.54, 1.807) is 0 Å². The summed E-state index contributed by atoms with van der Waals surface area (Å²) in [6.07, 6.45) is 0. The molecule has 0 unspecified atom stereocenters. The highest BCUT2D eigenvalue weighted by Crippen LogP contribution is 2.39. The molecule has 0 aliphatic heterocycles. The van der Waals surface area contributed by atoms with Crippen LogP contribution in [-0.2, 0) is 0 Å². The first-order chi connectivity index (χ1) is 56.1. The van der Waals surface area contributed by atoms with Gasteiger partial charge in [-0.15, -0.1) is 0 Å². The van der Waals surface area contributed by atoms with Gasteiger partial charge in [-0.2, -0.15) is 0 Å². The van der Waals surface area contributed by atoms with Crippen molar-refractivity contribution in [3.05, 3.63) is 361 Å². The maximum Gasteiger partial charge on any atom is -0.00241 e. The molecule has 0 nitrogen and oxygen atoms in total. The first-order valence-corrected chi connectivity index (χ1v) is 42.6. The molecule has 0 spiro atoms. The first kappa shape index (κ1) is 89.5. The highest BCUT2D eigenvalue weighted by molar-refractivity contribution is 6.26. The molecule has 0 heterocycles. The molecule has 0 fully saturated rings. The fourth-order valence-electron chi connectivity index (χ4n) is 15.1. The summed E-state index contributed by atoms with van der Waals surface area (Å²) in [5.41, 5.74) is 8.12. The van der Waals surface area contributed by atoms with E-state index in [0.29, 0.717) is 0 Å². The fraction of sp³-hybridized carbons (Fsp3) is 0.211. The Kier molecular flexibility index (Phi) is 35.4. The molecule has 0 amide bonds. The molecular weight excluding hydrogens is 1370 g/mol. The Hall–Kier alpha value is -11.7. The van der Waals surface area contributed by atoms with Gasteiger partial charge in [0.15, 0.2) is 0 Å². The summed E-state index contributed by atoms with van der Waals surface area (Å²) in [7, 11) is 0. The van der Waals surface area contributed by atoms with Gasteiger partial charge in [-0.3, -0.25) is 0 Å². The monoisotopic (exact) mass is 1490 g/mol. The lowest BCUT2D eigenvalue weighted by Crippen LogP contribution is -1.85. The quantitative estimate of drug-likeness (QED) is 0.105. The summed E-state index contributed by atoms with van der Waals surface area (Å²) in [6, 6.07) is 118. The molecule has 0 saturated heterocycles. The molecule has 0 bridgehead atoms. The molecule has 21 aromatic carbocycles. The lowest BCUT2D eigenvalue weighted by molar-refractivity contribution is 1.50. The molecule has 114 heavy (non-hydrogen) atoms. The van der Waals surface area contributed by atoms with E-state index in [4.69, 9.17) is 0 Å². The number of hydrogen-bond acceptors (Lipinski definition) is 0. The lowest BCUT2D eigenvalue weighted by atomic mass is 9.92. The largest absolute Gasteiger partial charge is 0.0683 e. The van der Waals surface area contributed by atoms with Gasteiger partial charge in [-0.05, 0) is 261 Å². The minimum atomic E-state index is 1.31. The summed E-state index contributed by atoms with van der Waals surface area (Å²) in [6.45, 7) is 49.1. The van der Waals surface area contributed by atoms with Crippen LogP contribution in [0.3, 0.4) is 0 Å². The summed E-state index contributed by atoms with van der Waals surface area (Å²) < 4.78 is 0. The van der Waals surface area contributed by atoms with Crippen molar-refractivity contribution >= 4 is 162 Å². The van der Waals surface area contributed by atoms with Crippen LogP contribution in [0.25, 0.3) is 162 Å². The molecular formula is C114H126. The maximum atomic E-state index is 2.30. The van der Waals surface area contributed by atoms with Gasteiger partial charge in [-0.25, -0.2) is 0 Å². The van der Waals surface area contributed by atoms with E-state index in [1.165, 1.54) is 195 Å². The van der Waals surface area contributed by atoms with Crippen molar-refractivity contribution in [3.63, 3.8) is 0 Å². The molecule has 0 atom stereocenters. The standard InChI is InChI=1S/3C17H12.3C15H12.9C2H6/c1-11-10-14-6-2-4-12-8-9-13-5-3-7-15(11)17(13)16(12)14;2*1-11-5-6-14-8-7-12-3-2-4-13-9-10-15(11)17(14)16(12)13;1-11-14-8-4-2-6-12(14)10-13-7-3-5-9-15(11)13;1-11-5-4-8-14-9-12-6-2-3-7-13(12)10-15(11)14;1-11-6-7-14-9-12-4-2-3-5-13(12)10-15(14)8-11;9*1-2/h3*2-10H,1H3;3*2-10H,1H3;9*1-2H3. The molecule has 0 aliphatic carbocycles. The second-order valence-electron chi connectivity index (χ2n) is 26.2. The molecule has 0 heteroatoms. The Bertz CT molecular complexity index is 6120. The molecule has 21 rings (SSSR count). The van der Waals surface area contributed by atoms with Crippen molar-refractivity contribution < 1.29 is 0 Å². The van der Waals surface area contributed by atoms with Crippen LogP contribution in [0.1, 0.15) is 158 Å². The van der Waals surface area contributed by atoms with Crippen molar-refractivity contribution in [1.82, 2.24) is 0 Å². The first-order valence-electron chi connectivity index (χ1n) is 42.6. The number of benzene rings is 21. The molecule has 0 aliphatic rings. The van der Waals surface area contributed by atoms with Crippen LogP contribution in [0.15, 0.2) is 328 Å². The third kappa shape index (κ3) is 20.0. The van der Waals surface area contributed by atoms with Gasteiger partial charge in [0.05, 0.1) is 0 Å². The zero-order chi connectivity index (χ0) is 83.0. The summed E-state index contributed by atoms with van der Waals surface area (Å²) in [4.78, 5) is 0. The van der Waals surface area contributed by atoms with Crippen LogP contribution >= 0.6 is 0 Å². The van der Waals surface area contributed by atoms with Crippen LogP contribution in [0.5, 0.6) is 0 Å². The zero-order valence-corrected chi connectivity index (χ0v) is 73.2. The van der Waals surface area contributed by atoms with E-state index in [-0.39, 0.29) is 0 Å². The van der Waals surface area contributed by atoms with E-state index in [0.717, 1.165) is 0 Å². The second kappa shape index (κ2) is 45.1. The Morgan fingerprint density at radius 3 is 0.789 bits per heavy atom. The van der Waals surface area contributed by atoms with Crippen molar-refractivity contribution in [1.29, 1.82) is 0 Å². The van der Waals surface area contributed by atoms with E-state index in [2.05, 4.69) is 369 Å². The van der Waals surface area contributed by atoms with Gasteiger partial charge in [0.2, 0.25) is 0 Å². The smallest absolute Gasteiger partial charge is 0.00241 e. The molecule has 0 radical (unpaired) electrons. The van der Waals surface area contributed by atoms with Crippen LogP contribution in [-0.4, -0.2) is 0 Å². The van der Waals surface area contributed by atoms with Gasteiger partial charge in [-0.1, -0.05) is 427 Å². The van der Waals surface area contributed by atoms with E-state index in [9.17, 15) is 0 Å². The maximum absolute atomic E-state index is 2.30. The van der Waals surface area contributed by atoms with Crippen LogP contribution in [0.2, 0.25) is 0 Å². The van der Waals surface area contributed by atoms with E-state index < -0.39 is 0 Å². The second-order valence-corrected chi connectivity index (χ2v) is 26.2. The normalized spacial score (nSPS) is 10.1. The Morgan fingerprint density at radius 2 is 0.360 bits per heavy atom. The Morgan fingerprint density at radius 1 is 0.123 bits per heavy atom. The lowest BCUT2D eigenvalue weighted by Gasteiger charge is -2.12. The average molecular weight is 1500 g/mol. The summed E-state index contributed by atoms with van der Waals surface area (Å²) in [5, 5.41) is 40.7. The van der Waals surface area contributed by atoms with Gasteiger partial charge in [0.1, 0.15) is 0 Å². The van der Waals surface area contributed by atoms with Crippen molar-refractivity contribution in [3.8, 4) is 0 Å². The van der Waals surface area contributed by atoms with Gasteiger partial charge in [0.25, 0.3) is 0 Å². The van der Waals surface area contributed by atoms with Crippen LogP contribution in [0, 0.1) is 41.5 Å². The zero-order valence-electron chi connectivity index (χ0n) is 73.2. The SMILES string of the molecule is CC.CC.CC.CC.CC.CC.CC.CC.CC.Cc1c2ccccc2cc2ccccc12.Cc1cc2cccc3ccc4cccc1c4c32.Cc1ccc2cc3ccccc3cc2c1.Cc1ccc2ccc3cccc4ccc1c2c34.Cc1ccc2ccc3cccc4ccc1c2c34.Cc1cccc2cc3ccccc3cc12. The van der Waals surface area contributed by atoms with Crippen molar-refractivity contribution in [2.45, 2.75) is 166 Å².